The molecule has 0 radical (unpaired) electrons. The standard InChI is InChI=1S/C26H26BrN3O4S/c1-4-30-10-9-17-20(13-30)35-25-21(17)24(31)28-23(29-25)16-11-18(27)22(19(12-16)33-3)34-26(32)15-7-5-14(2)6-8-15/h5-8,11-12,23,29H,4,9-10,13H2,1-3H3,(H,28,31). The molecular weight excluding hydrogens is 530 g/mol. The summed E-state index contributed by atoms with van der Waals surface area (Å²) in [7, 11) is 1.52. The van der Waals surface area contributed by atoms with Crippen molar-refractivity contribution in [3.63, 3.8) is 0 Å². The van der Waals surface area contributed by atoms with Gasteiger partial charge >= 0.3 is 5.97 Å². The summed E-state index contributed by atoms with van der Waals surface area (Å²) in [5, 5.41) is 7.46. The lowest BCUT2D eigenvalue weighted by Crippen LogP contribution is -2.38. The number of thiophene rings is 1. The van der Waals surface area contributed by atoms with E-state index in [0.29, 0.717) is 15.8 Å². The number of rotatable bonds is 5. The van der Waals surface area contributed by atoms with Crippen LogP contribution in [0, 0.1) is 6.92 Å². The second kappa shape index (κ2) is 9.64. The molecule has 0 saturated heterocycles. The van der Waals surface area contributed by atoms with Crippen molar-refractivity contribution in [2.45, 2.75) is 33.0 Å². The Morgan fingerprint density at radius 2 is 2.00 bits per heavy atom. The maximum atomic E-state index is 13.1. The number of carbonyl (C=O) groups is 2. The lowest BCUT2D eigenvalue weighted by atomic mass is 10.0. The van der Waals surface area contributed by atoms with E-state index >= 15 is 0 Å². The summed E-state index contributed by atoms with van der Waals surface area (Å²) >= 11 is 5.18. The molecule has 9 heteroatoms. The lowest BCUT2D eigenvalue weighted by Gasteiger charge is -2.28. The third kappa shape index (κ3) is 4.55. The van der Waals surface area contributed by atoms with Crippen LogP contribution in [0.2, 0.25) is 0 Å². The summed E-state index contributed by atoms with van der Waals surface area (Å²) in [6.07, 6.45) is 0.444. The number of methoxy groups -OCH3 is 1. The number of anilines is 1. The minimum Gasteiger partial charge on any atom is -0.493 e. The highest BCUT2D eigenvalue weighted by Gasteiger charge is 2.33. The van der Waals surface area contributed by atoms with Crippen molar-refractivity contribution >= 4 is 44.1 Å². The van der Waals surface area contributed by atoms with Crippen LogP contribution < -0.4 is 20.1 Å². The van der Waals surface area contributed by atoms with E-state index < -0.39 is 12.1 Å². The van der Waals surface area contributed by atoms with E-state index in [1.807, 2.05) is 25.1 Å². The topological polar surface area (TPSA) is 79.9 Å². The number of ether oxygens (including phenoxy) is 2. The monoisotopic (exact) mass is 555 g/mol. The molecule has 0 bridgehead atoms. The first-order chi connectivity index (χ1) is 16.9. The smallest absolute Gasteiger partial charge is 0.343 e. The van der Waals surface area contributed by atoms with Crippen molar-refractivity contribution < 1.29 is 19.1 Å². The van der Waals surface area contributed by atoms with Crippen molar-refractivity contribution in [1.82, 2.24) is 10.2 Å². The molecule has 0 saturated carbocycles. The number of nitrogens with zero attached hydrogens (tertiary/aromatic N) is 1. The molecule has 0 fully saturated rings. The number of halogens is 1. The van der Waals surface area contributed by atoms with Crippen LogP contribution in [0.15, 0.2) is 40.9 Å². The van der Waals surface area contributed by atoms with Gasteiger partial charge in [-0.25, -0.2) is 4.79 Å². The third-order valence-corrected chi connectivity index (χ3v) is 8.17. The average molecular weight is 556 g/mol. The molecule has 7 nitrogen and oxygen atoms in total. The van der Waals surface area contributed by atoms with E-state index in [1.54, 1.807) is 29.5 Å². The fraction of sp³-hybridized carbons (Fsp3) is 0.308. The number of esters is 1. The lowest BCUT2D eigenvalue weighted by molar-refractivity contribution is 0.0728. The van der Waals surface area contributed by atoms with Crippen LogP contribution in [0.5, 0.6) is 11.5 Å². The summed E-state index contributed by atoms with van der Waals surface area (Å²) in [6.45, 7) is 6.96. The van der Waals surface area contributed by atoms with Gasteiger partial charge in [-0.1, -0.05) is 24.6 Å². The van der Waals surface area contributed by atoms with E-state index in [-0.39, 0.29) is 11.7 Å². The van der Waals surface area contributed by atoms with Gasteiger partial charge < -0.3 is 20.1 Å². The number of carbonyl (C=O) groups excluding carboxylic acids is 2. The van der Waals surface area contributed by atoms with E-state index in [2.05, 4.69) is 38.4 Å². The van der Waals surface area contributed by atoms with Crippen molar-refractivity contribution in [3.05, 3.63) is 73.6 Å². The number of likely N-dealkylation sites (N-methyl/N-ethyl adjacent to an activating group) is 1. The number of aryl methyl sites for hydroxylation is 1. The Labute approximate surface area is 216 Å². The van der Waals surface area contributed by atoms with Crippen LogP contribution in [0.1, 0.15) is 55.4 Å². The molecule has 3 heterocycles. The molecule has 1 atom stereocenters. The third-order valence-electron chi connectivity index (χ3n) is 6.43. The summed E-state index contributed by atoms with van der Waals surface area (Å²) in [4.78, 5) is 29.4. The first-order valence-corrected chi connectivity index (χ1v) is 13.1. The SMILES string of the molecule is CCN1CCc2c(sc3c2C(=O)NC(c2cc(Br)c(OC(=O)c4ccc(C)cc4)c(OC)c2)N3)C1. The fourth-order valence-corrected chi connectivity index (χ4v) is 6.31. The second-order valence-electron chi connectivity index (χ2n) is 8.67. The van der Waals surface area contributed by atoms with Gasteiger partial charge in [-0.15, -0.1) is 11.3 Å². The van der Waals surface area contributed by atoms with Crippen molar-refractivity contribution in [3.8, 4) is 11.5 Å². The van der Waals surface area contributed by atoms with E-state index in [4.69, 9.17) is 9.47 Å². The number of hydrogen-bond acceptors (Lipinski definition) is 7. The number of hydrogen-bond donors (Lipinski definition) is 2. The molecule has 35 heavy (non-hydrogen) atoms. The summed E-state index contributed by atoms with van der Waals surface area (Å²) in [5.74, 6) is 0.128. The predicted octanol–water partition coefficient (Wildman–Crippen LogP) is 5.28. The van der Waals surface area contributed by atoms with E-state index in [1.165, 1.54) is 12.0 Å². The maximum absolute atomic E-state index is 13.1. The van der Waals surface area contributed by atoms with Gasteiger partial charge in [0.1, 0.15) is 11.2 Å². The van der Waals surface area contributed by atoms with Crippen LogP contribution >= 0.6 is 27.3 Å². The van der Waals surface area contributed by atoms with Gasteiger partial charge in [0.15, 0.2) is 11.5 Å². The molecule has 182 valence electrons. The van der Waals surface area contributed by atoms with Crippen LogP contribution in [-0.2, 0) is 13.0 Å². The zero-order valence-electron chi connectivity index (χ0n) is 19.7. The summed E-state index contributed by atoms with van der Waals surface area (Å²) in [5.41, 5.74) is 4.22. The molecule has 2 aliphatic rings. The number of nitrogens with one attached hydrogen (secondary N) is 2. The molecule has 3 aromatic rings. The van der Waals surface area contributed by atoms with Gasteiger partial charge in [-0.2, -0.15) is 0 Å². The molecule has 2 aliphatic heterocycles. The zero-order chi connectivity index (χ0) is 24.7. The zero-order valence-corrected chi connectivity index (χ0v) is 22.1. The highest BCUT2D eigenvalue weighted by atomic mass is 79.9. The minimum absolute atomic E-state index is 0.0730. The highest BCUT2D eigenvalue weighted by Crippen LogP contribution is 2.43. The molecule has 0 aliphatic carbocycles. The summed E-state index contributed by atoms with van der Waals surface area (Å²) < 4.78 is 11.8. The van der Waals surface area contributed by atoms with Crippen molar-refractivity contribution in [2.75, 3.05) is 25.5 Å². The van der Waals surface area contributed by atoms with Crippen LogP contribution in [0.25, 0.3) is 0 Å². The van der Waals surface area contributed by atoms with Crippen molar-refractivity contribution in [1.29, 1.82) is 0 Å². The highest BCUT2D eigenvalue weighted by molar-refractivity contribution is 9.10. The quantitative estimate of drug-likeness (QED) is 0.329. The predicted molar refractivity (Wildman–Crippen MR) is 140 cm³/mol. The molecule has 0 spiro atoms. The molecule has 2 N–H and O–H groups in total. The number of benzene rings is 2. The van der Waals surface area contributed by atoms with Gasteiger partial charge in [0.25, 0.3) is 5.91 Å². The Bertz CT molecular complexity index is 1300. The Balaban J connectivity index is 1.41. The Hall–Kier alpha value is -2.88. The molecule has 5 rings (SSSR count). The van der Waals surface area contributed by atoms with Gasteiger partial charge in [0.05, 0.1) is 22.7 Å². The van der Waals surface area contributed by atoms with Crippen LogP contribution in [0.3, 0.4) is 0 Å². The number of amides is 1. The fourth-order valence-electron chi connectivity index (χ4n) is 4.45. The summed E-state index contributed by atoms with van der Waals surface area (Å²) in [6, 6.07) is 10.8. The van der Waals surface area contributed by atoms with Gasteiger partial charge in [-0.3, -0.25) is 9.69 Å². The molecule has 1 amide bonds. The molecule has 1 aromatic heterocycles. The van der Waals surface area contributed by atoms with Gasteiger partial charge in [0, 0.05) is 18.0 Å². The number of fused-ring (bicyclic) bond motifs is 3. The average Bonchev–Trinajstić information content (AvgIpc) is 3.23. The molecule has 2 aromatic carbocycles. The minimum atomic E-state index is -0.476. The van der Waals surface area contributed by atoms with Crippen LogP contribution in [-0.4, -0.2) is 37.0 Å². The normalized spacial score (nSPS) is 17.1. The van der Waals surface area contributed by atoms with Crippen LogP contribution in [0.4, 0.5) is 5.00 Å². The maximum Gasteiger partial charge on any atom is 0.343 e. The Morgan fingerprint density at radius 3 is 2.71 bits per heavy atom. The Morgan fingerprint density at radius 1 is 1.23 bits per heavy atom. The van der Waals surface area contributed by atoms with E-state index in [0.717, 1.165) is 53.3 Å². The molecule has 1 unspecified atom stereocenters. The molecular formula is C26H26BrN3O4S. The van der Waals surface area contributed by atoms with E-state index in [9.17, 15) is 9.59 Å². The second-order valence-corrected chi connectivity index (χ2v) is 10.6. The van der Waals surface area contributed by atoms with Crippen molar-refractivity contribution in [2.24, 2.45) is 0 Å². The first kappa shape index (κ1) is 23.8. The van der Waals surface area contributed by atoms with Gasteiger partial charge in [0.2, 0.25) is 0 Å². The van der Waals surface area contributed by atoms with Gasteiger partial charge in [-0.05, 0) is 71.2 Å². The Kier molecular flexibility index (Phi) is 6.57. The largest absolute Gasteiger partial charge is 0.493 e. The first-order valence-electron chi connectivity index (χ1n) is 11.5.